The van der Waals surface area contributed by atoms with E-state index in [0.717, 1.165) is 23.2 Å². The highest BCUT2D eigenvalue weighted by atomic mass is 16.6. The van der Waals surface area contributed by atoms with Gasteiger partial charge in [-0.3, -0.25) is 10.1 Å². The number of methoxy groups -OCH3 is 1. The molecule has 2 aromatic heterocycles. The van der Waals surface area contributed by atoms with Crippen LogP contribution >= 0.6 is 0 Å². The zero-order valence-corrected chi connectivity index (χ0v) is 21.5. The van der Waals surface area contributed by atoms with Crippen LogP contribution in [-0.4, -0.2) is 77.5 Å². The largest absolute Gasteiger partial charge is 0.494 e. The third-order valence-electron chi connectivity index (χ3n) is 5.74. The maximum atomic E-state index is 11.9. The molecule has 4 rings (SSSR count). The predicted molar refractivity (Wildman–Crippen MR) is 143 cm³/mol. The van der Waals surface area contributed by atoms with Crippen molar-refractivity contribution in [3.8, 4) is 17.3 Å². The van der Waals surface area contributed by atoms with Crippen LogP contribution in [0.1, 0.15) is 6.92 Å². The standard InChI is InChI=1S/C25H30N8O4/c1-6-37-18-7-8-20-17(13-18)16-27-32(20)24-9-10-26-25(29-24)28-19-14-22(33(34)35)21(15-23(19)36-5)31(4)12-11-30(2)3/h7-10,13-16H,6,11-12H2,1-5H3,(H,26,28,29). The lowest BCUT2D eigenvalue weighted by atomic mass is 10.2. The zero-order valence-electron chi connectivity index (χ0n) is 21.5. The number of benzene rings is 2. The van der Waals surface area contributed by atoms with Gasteiger partial charge in [-0.05, 0) is 39.2 Å². The fraction of sp³-hybridized carbons (Fsp3) is 0.320. The molecule has 0 aliphatic rings. The molecule has 0 bridgehead atoms. The van der Waals surface area contributed by atoms with Gasteiger partial charge in [-0.2, -0.15) is 10.1 Å². The number of hydrogen-bond donors (Lipinski definition) is 1. The van der Waals surface area contributed by atoms with E-state index in [1.165, 1.54) is 13.2 Å². The van der Waals surface area contributed by atoms with Gasteiger partial charge in [0.25, 0.3) is 5.69 Å². The first-order valence-corrected chi connectivity index (χ1v) is 11.7. The van der Waals surface area contributed by atoms with Gasteiger partial charge in [0.2, 0.25) is 5.95 Å². The third kappa shape index (κ3) is 5.70. The Balaban J connectivity index is 1.66. The molecule has 0 spiro atoms. The van der Waals surface area contributed by atoms with Crippen molar-refractivity contribution in [1.82, 2.24) is 24.6 Å². The Labute approximate surface area is 214 Å². The van der Waals surface area contributed by atoms with Crippen LogP contribution < -0.4 is 19.7 Å². The average molecular weight is 507 g/mol. The number of nitro groups is 1. The summed E-state index contributed by atoms with van der Waals surface area (Å²) in [4.78, 5) is 24.2. The van der Waals surface area contributed by atoms with E-state index in [2.05, 4.69) is 20.4 Å². The van der Waals surface area contributed by atoms with Gasteiger partial charge in [0.1, 0.15) is 17.2 Å². The van der Waals surface area contributed by atoms with Gasteiger partial charge in [-0.15, -0.1) is 0 Å². The zero-order chi connectivity index (χ0) is 26.5. The number of fused-ring (bicyclic) bond motifs is 1. The topological polar surface area (TPSA) is 124 Å². The van der Waals surface area contributed by atoms with Crippen molar-refractivity contribution in [3.05, 3.63) is 58.9 Å². The van der Waals surface area contributed by atoms with Crippen molar-refractivity contribution >= 4 is 33.9 Å². The number of likely N-dealkylation sites (N-methyl/N-ethyl adjacent to an activating group) is 2. The Kier molecular flexibility index (Phi) is 7.68. The van der Waals surface area contributed by atoms with Crippen molar-refractivity contribution in [2.75, 3.05) is 58.2 Å². The van der Waals surface area contributed by atoms with Crippen molar-refractivity contribution in [2.45, 2.75) is 6.92 Å². The maximum absolute atomic E-state index is 11.9. The summed E-state index contributed by atoms with van der Waals surface area (Å²) in [7, 11) is 7.23. The second-order valence-electron chi connectivity index (χ2n) is 8.60. The van der Waals surface area contributed by atoms with Gasteiger partial charge in [-0.25, -0.2) is 9.67 Å². The van der Waals surface area contributed by atoms with E-state index in [-0.39, 0.29) is 11.6 Å². The molecule has 0 radical (unpaired) electrons. The van der Waals surface area contributed by atoms with Crippen LogP contribution in [0.25, 0.3) is 16.7 Å². The first kappa shape index (κ1) is 25.6. The number of nitrogens with zero attached hydrogens (tertiary/aromatic N) is 7. The summed E-state index contributed by atoms with van der Waals surface area (Å²) in [6.07, 6.45) is 3.34. The van der Waals surface area contributed by atoms with Crippen molar-refractivity contribution in [2.24, 2.45) is 0 Å². The molecule has 37 heavy (non-hydrogen) atoms. The van der Waals surface area contributed by atoms with Crippen LogP contribution in [-0.2, 0) is 0 Å². The van der Waals surface area contributed by atoms with E-state index in [0.29, 0.717) is 36.1 Å². The van der Waals surface area contributed by atoms with Crippen molar-refractivity contribution in [1.29, 1.82) is 0 Å². The Hall–Kier alpha value is -4.45. The summed E-state index contributed by atoms with van der Waals surface area (Å²) in [5.74, 6) is 1.97. The molecule has 4 aromatic rings. The summed E-state index contributed by atoms with van der Waals surface area (Å²) >= 11 is 0. The van der Waals surface area contributed by atoms with Crippen LogP contribution in [0.3, 0.4) is 0 Å². The van der Waals surface area contributed by atoms with E-state index in [1.54, 1.807) is 29.2 Å². The second-order valence-corrected chi connectivity index (χ2v) is 8.60. The minimum Gasteiger partial charge on any atom is -0.494 e. The monoisotopic (exact) mass is 506 g/mol. The summed E-state index contributed by atoms with van der Waals surface area (Å²) in [5, 5.41) is 20.4. The molecule has 0 saturated carbocycles. The van der Waals surface area contributed by atoms with Crippen LogP contribution in [0.2, 0.25) is 0 Å². The maximum Gasteiger partial charge on any atom is 0.294 e. The molecule has 194 valence electrons. The molecule has 0 saturated heterocycles. The highest BCUT2D eigenvalue weighted by molar-refractivity contribution is 5.81. The lowest BCUT2D eigenvalue weighted by Crippen LogP contribution is -2.28. The van der Waals surface area contributed by atoms with Gasteiger partial charge in [0.15, 0.2) is 5.82 Å². The average Bonchev–Trinajstić information content (AvgIpc) is 3.30. The van der Waals surface area contributed by atoms with E-state index < -0.39 is 4.92 Å². The van der Waals surface area contributed by atoms with Gasteiger partial charge < -0.3 is 24.6 Å². The number of nitro benzene ring substituents is 1. The van der Waals surface area contributed by atoms with E-state index in [1.807, 2.05) is 56.1 Å². The molecular weight excluding hydrogens is 476 g/mol. The van der Waals surface area contributed by atoms with Crippen LogP contribution in [0.5, 0.6) is 11.5 Å². The predicted octanol–water partition coefficient (Wildman–Crippen LogP) is 3.87. The highest BCUT2D eigenvalue weighted by Crippen LogP contribution is 2.39. The Morgan fingerprint density at radius 2 is 1.95 bits per heavy atom. The Morgan fingerprint density at radius 3 is 2.65 bits per heavy atom. The summed E-state index contributed by atoms with van der Waals surface area (Å²) in [6.45, 7) is 3.86. The summed E-state index contributed by atoms with van der Waals surface area (Å²) < 4.78 is 12.8. The van der Waals surface area contributed by atoms with Crippen LogP contribution in [0.4, 0.5) is 23.0 Å². The van der Waals surface area contributed by atoms with Gasteiger partial charge >= 0.3 is 0 Å². The molecule has 0 unspecified atom stereocenters. The number of nitrogens with one attached hydrogen (secondary N) is 1. The number of hydrogen-bond acceptors (Lipinski definition) is 10. The van der Waals surface area contributed by atoms with Crippen LogP contribution in [0, 0.1) is 10.1 Å². The smallest absolute Gasteiger partial charge is 0.294 e. The van der Waals surface area contributed by atoms with Gasteiger partial charge in [0.05, 0.1) is 36.0 Å². The van der Waals surface area contributed by atoms with Gasteiger partial charge in [-0.1, -0.05) is 0 Å². The SMILES string of the molecule is CCOc1ccc2c(cnn2-c2ccnc(Nc3cc([N+](=O)[O-])c(N(C)CCN(C)C)cc3OC)n2)c1. The fourth-order valence-corrected chi connectivity index (χ4v) is 3.84. The van der Waals surface area contributed by atoms with Crippen LogP contribution in [0.15, 0.2) is 48.8 Å². The molecule has 2 heterocycles. The second kappa shape index (κ2) is 11.1. The number of ether oxygens (including phenoxy) is 2. The van der Waals surface area contributed by atoms with Gasteiger partial charge in [0, 0.05) is 49.9 Å². The molecule has 0 aliphatic heterocycles. The lowest BCUT2D eigenvalue weighted by molar-refractivity contribution is -0.384. The molecule has 0 fully saturated rings. The quantitative estimate of drug-likeness (QED) is 0.237. The molecule has 2 aromatic carbocycles. The van der Waals surface area contributed by atoms with E-state index >= 15 is 0 Å². The molecule has 0 atom stereocenters. The number of anilines is 3. The molecule has 0 aliphatic carbocycles. The minimum atomic E-state index is -0.407. The van der Waals surface area contributed by atoms with Crippen molar-refractivity contribution < 1.29 is 14.4 Å². The summed E-state index contributed by atoms with van der Waals surface area (Å²) in [5.41, 5.74) is 1.64. The van der Waals surface area contributed by atoms with Crippen molar-refractivity contribution in [3.63, 3.8) is 0 Å². The number of aromatic nitrogens is 4. The first-order valence-electron chi connectivity index (χ1n) is 11.7. The Morgan fingerprint density at radius 1 is 1.14 bits per heavy atom. The molecule has 12 heteroatoms. The van der Waals surface area contributed by atoms with E-state index in [9.17, 15) is 10.1 Å². The summed E-state index contributed by atoms with van der Waals surface area (Å²) in [6, 6.07) is 10.5. The number of rotatable bonds is 11. The molecule has 12 nitrogen and oxygen atoms in total. The lowest BCUT2D eigenvalue weighted by Gasteiger charge is -2.22. The normalized spacial score (nSPS) is 11.1. The third-order valence-corrected chi connectivity index (χ3v) is 5.74. The Bertz CT molecular complexity index is 1400. The molecular formula is C25H30N8O4. The first-order chi connectivity index (χ1) is 17.8. The molecule has 0 amide bonds. The minimum absolute atomic E-state index is 0.0520. The molecule has 1 N–H and O–H groups in total. The fourth-order valence-electron chi connectivity index (χ4n) is 3.84. The van der Waals surface area contributed by atoms with E-state index in [4.69, 9.17) is 9.47 Å². The highest BCUT2D eigenvalue weighted by Gasteiger charge is 2.22.